The summed E-state index contributed by atoms with van der Waals surface area (Å²) < 4.78 is 44.2. The molecule has 2 aromatic rings. The van der Waals surface area contributed by atoms with E-state index in [0.29, 0.717) is 18.0 Å². The zero-order chi connectivity index (χ0) is 13.2. The highest BCUT2D eigenvalue weighted by atomic mass is 19.4. The van der Waals surface area contributed by atoms with Crippen molar-refractivity contribution in [3.63, 3.8) is 0 Å². The summed E-state index contributed by atoms with van der Waals surface area (Å²) in [4.78, 5) is 0. The second-order valence-electron chi connectivity index (χ2n) is 3.60. The van der Waals surface area contributed by atoms with E-state index in [9.17, 15) is 13.2 Å². The molecular formula is C12H11F3N2O. The number of benzene rings is 1. The fourth-order valence-electron chi connectivity index (χ4n) is 1.51. The number of hydrogen-bond donors (Lipinski definition) is 0. The quantitative estimate of drug-likeness (QED) is 0.842. The number of aromatic nitrogens is 2. The number of rotatable bonds is 3. The van der Waals surface area contributed by atoms with Crippen LogP contribution in [0.15, 0.2) is 36.7 Å². The summed E-state index contributed by atoms with van der Waals surface area (Å²) in [5.41, 5.74) is -0.357. The third-order valence-corrected chi connectivity index (χ3v) is 2.31. The lowest BCUT2D eigenvalue weighted by molar-refractivity contribution is -0.137. The highest BCUT2D eigenvalue weighted by Gasteiger charge is 2.30. The molecule has 18 heavy (non-hydrogen) atoms. The molecule has 0 saturated carbocycles. The molecule has 0 saturated heterocycles. The first-order chi connectivity index (χ1) is 8.50. The second-order valence-corrected chi connectivity index (χ2v) is 3.60. The van der Waals surface area contributed by atoms with Gasteiger partial charge in [-0.05, 0) is 25.1 Å². The Morgan fingerprint density at radius 2 is 2.11 bits per heavy atom. The highest BCUT2D eigenvalue weighted by molar-refractivity contribution is 5.37. The summed E-state index contributed by atoms with van der Waals surface area (Å²) in [6.45, 7) is 2.30. The third kappa shape index (κ3) is 2.64. The van der Waals surface area contributed by atoms with Crippen LogP contribution < -0.4 is 4.74 Å². The molecule has 96 valence electrons. The lowest BCUT2D eigenvalue weighted by Gasteiger charge is -2.08. The van der Waals surface area contributed by atoms with Crippen LogP contribution in [0.25, 0.3) is 5.69 Å². The Hall–Kier alpha value is -1.98. The van der Waals surface area contributed by atoms with Crippen molar-refractivity contribution in [3.05, 3.63) is 42.2 Å². The van der Waals surface area contributed by atoms with Crippen LogP contribution in [0.4, 0.5) is 13.2 Å². The van der Waals surface area contributed by atoms with Crippen molar-refractivity contribution < 1.29 is 17.9 Å². The minimum atomic E-state index is -4.36. The van der Waals surface area contributed by atoms with Gasteiger partial charge in [0, 0.05) is 0 Å². The fourth-order valence-corrected chi connectivity index (χ4v) is 1.51. The molecule has 0 radical (unpaired) electrons. The van der Waals surface area contributed by atoms with Gasteiger partial charge in [-0.15, -0.1) is 0 Å². The monoisotopic (exact) mass is 256 g/mol. The molecule has 0 atom stereocenters. The largest absolute Gasteiger partial charge is 0.491 e. The first kappa shape index (κ1) is 12.5. The minimum Gasteiger partial charge on any atom is -0.491 e. The van der Waals surface area contributed by atoms with Crippen molar-refractivity contribution >= 4 is 0 Å². The van der Waals surface area contributed by atoms with Gasteiger partial charge in [-0.3, -0.25) is 0 Å². The molecule has 0 spiro atoms. The van der Waals surface area contributed by atoms with Crippen LogP contribution in [0.1, 0.15) is 12.5 Å². The van der Waals surface area contributed by atoms with Crippen molar-refractivity contribution in [2.45, 2.75) is 13.1 Å². The minimum absolute atomic E-state index is 0.343. The van der Waals surface area contributed by atoms with E-state index in [-0.39, 0.29) is 0 Å². The van der Waals surface area contributed by atoms with E-state index in [2.05, 4.69) is 5.10 Å². The van der Waals surface area contributed by atoms with E-state index < -0.39 is 11.7 Å². The SMILES string of the molecule is CCOc1cnn(-c2cccc(C(F)(F)F)c2)c1. The van der Waals surface area contributed by atoms with Crippen LogP contribution in [0.2, 0.25) is 0 Å². The molecule has 0 fully saturated rings. The number of alkyl halides is 3. The van der Waals surface area contributed by atoms with E-state index in [1.165, 1.54) is 16.9 Å². The maximum atomic E-state index is 12.6. The molecule has 0 aliphatic heterocycles. The molecule has 1 aromatic carbocycles. The van der Waals surface area contributed by atoms with Crippen LogP contribution in [0.3, 0.4) is 0 Å². The normalized spacial score (nSPS) is 11.6. The number of nitrogens with zero attached hydrogens (tertiary/aromatic N) is 2. The Kier molecular flexibility index (Phi) is 3.27. The molecule has 0 unspecified atom stereocenters. The van der Waals surface area contributed by atoms with Crippen molar-refractivity contribution in [3.8, 4) is 11.4 Å². The Labute approximate surface area is 102 Å². The molecule has 6 heteroatoms. The topological polar surface area (TPSA) is 27.1 Å². The smallest absolute Gasteiger partial charge is 0.416 e. The molecule has 0 aliphatic carbocycles. The van der Waals surface area contributed by atoms with Crippen LogP contribution in [0, 0.1) is 0 Å². The van der Waals surface area contributed by atoms with Crippen molar-refractivity contribution in [2.24, 2.45) is 0 Å². The first-order valence-corrected chi connectivity index (χ1v) is 5.36. The first-order valence-electron chi connectivity index (χ1n) is 5.36. The molecule has 0 bridgehead atoms. The number of halogens is 3. The van der Waals surface area contributed by atoms with Gasteiger partial charge >= 0.3 is 6.18 Å². The molecule has 0 amide bonds. The Morgan fingerprint density at radius 1 is 1.33 bits per heavy atom. The van der Waals surface area contributed by atoms with Gasteiger partial charge in [0.05, 0.1) is 30.3 Å². The van der Waals surface area contributed by atoms with Crippen LogP contribution in [0.5, 0.6) is 5.75 Å². The molecule has 0 N–H and O–H groups in total. The predicted molar refractivity (Wildman–Crippen MR) is 59.7 cm³/mol. The van der Waals surface area contributed by atoms with Crippen LogP contribution in [-0.2, 0) is 6.18 Å². The molecular weight excluding hydrogens is 245 g/mol. The second kappa shape index (κ2) is 4.72. The Balaban J connectivity index is 2.32. The van der Waals surface area contributed by atoms with E-state index in [0.717, 1.165) is 12.1 Å². The van der Waals surface area contributed by atoms with Crippen LogP contribution in [-0.4, -0.2) is 16.4 Å². The van der Waals surface area contributed by atoms with Gasteiger partial charge in [0.15, 0.2) is 5.75 Å². The van der Waals surface area contributed by atoms with Crippen molar-refractivity contribution in [1.29, 1.82) is 0 Å². The summed E-state index contributed by atoms with van der Waals surface area (Å²) in [6, 6.07) is 4.97. The Bertz CT molecular complexity index is 534. The molecule has 1 aromatic heterocycles. The standard InChI is InChI=1S/C12H11F3N2O/c1-2-18-11-7-16-17(8-11)10-5-3-4-9(6-10)12(13,14)15/h3-8H,2H2,1H3. The van der Waals surface area contributed by atoms with Crippen molar-refractivity contribution in [2.75, 3.05) is 6.61 Å². The average molecular weight is 256 g/mol. The summed E-state index contributed by atoms with van der Waals surface area (Å²) in [5.74, 6) is 0.523. The summed E-state index contributed by atoms with van der Waals surface area (Å²) >= 11 is 0. The maximum Gasteiger partial charge on any atom is 0.416 e. The molecule has 2 rings (SSSR count). The summed E-state index contributed by atoms with van der Waals surface area (Å²) in [5, 5.41) is 3.95. The lowest BCUT2D eigenvalue weighted by Crippen LogP contribution is -2.06. The zero-order valence-electron chi connectivity index (χ0n) is 9.61. The zero-order valence-corrected chi connectivity index (χ0v) is 9.61. The number of ether oxygens (including phenoxy) is 1. The van der Waals surface area contributed by atoms with Crippen LogP contribution >= 0.6 is 0 Å². The molecule has 0 aliphatic rings. The van der Waals surface area contributed by atoms with Gasteiger partial charge in [-0.1, -0.05) is 6.07 Å². The van der Waals surface area contributed by atoms with Gasteiger partial charge < -0.3 is 4.74 Å². The lowest BCUT2D eigenvalue weighted by atomic mass is 10.2. The van der Waals surface area contributed by atoms with Gasteiger partial charge in [-0.2, -0.15) is 18.3 Å². The van der Waals surface area contributed by atoms with Gasteiger partial charge in [0.25, 0.3) is 0 Å². The summed E-state index contributed by atoms with van der Waals surface area (Å²) in [6.07, 6.45) is -1.35. The van der Waals surface area contributed by atoms with E-state index in [1.807, 2.05) is 6.92 Å². The fraction of sp³-hybridized carbons (Fsp3) is 0.250. The predicted octanol–water partition coefficient (Wildman–Crippen LogP) is 3.29. The number of hydrogen-bond acceptors (Lipinski definition) is 2. The Morgan fingerprint density at radius 3 is 2.78 bits per heavy atom. The van der Waals surface area contributed by atoms with Gasteiger partial charge in [0.1, 0.15) is 0 Å². The summed E-state index contributed by atoms with van der Waals surface area (Å²) in [7, 11) is 0. The van der Waals surface area contributed by atoms with Crippen molar-refractivity contribution in [1.82, 2.24) is 9.78 Å². The van der Waals surface area contributed by atoms with E-state index in [4.69, 9.17) is 4.74 Å². The highest BCUT2D eigenvalue weighted by Crippen LogP contribution is 2.30. The van der Waals surface area contributed by atoms with Gasteiger partial charge in [-0.25, -0.2) is 4.68 Å². The third-order valence-electron chi connectivity index (χ3n) is 2.31. The van der Waals surface area contributed by atoms with Gasteiger partial charge in [0.2, 0.25) is 0 Å². The molecule has 3 nitrogen and oxygen atoms in total. The van der Waals surface area contributed by atoms with E-state index in [1.54, 1.807) is 12.3 Å². The molecule has 1 heterocycles. The maximum absolute atomic E-state index is 12.6. The van der Waals surface area contributed by atoms with E-state index >= 15 is 0 Å². The average Bonchev–Trinajstić information content (AvgIpc) is 2.77.